The van der Waals surface area contributed by atoms with Gasteiger partial charge in [0.1, 0.15) is 0 Å². The highest BCUT2D eigenvalue weighted by atomic mass is 35.5. The Bertz CT molecular complexity index is 769. The molecule has 0 radical (unpaired) electrons. The van der Waals surface area contributed by atoms with Crippen LogP contribution in [0.15, 0.2) is 52.5 Å². The number of aryl methyl sites for hydroxylation is 2. The molecule has 0 bridgehead atoms. The Labute approximate surface area is 129 Å². The van der Waals surface area contributed by atoms with Gasteiger partial charge in [0.05, 0.1) is 11.1 Å². The monoisotopic (exact) mass is 322 g/mol. The third-order valence-electron chi connectivity index (χ3n) is 2.94. The summed E-state index contributed by atoms with van der Waals surface area (Å²) in [6.07, 6.45) is 1.46. The summed E-state index contributed by atoms with van der Waals surface area (Å²) in [6, 6.07) is 11.9. The van der Waals surface area contributed by atoms with Crippen LogP contribution in [-0.2, 0) is 10.0 Å². The van der Waals surface area contributed by atoms with E-state index in [-0.39, 0.29) is 4.90 Å². The lowest BCUT2D eigenvalue weighted by Crippen LogP contribution is -2.18. The second kappa shape index (κ2) is 6.28. The number of nitrogens with zero attached hydrogens (tertiary/aromatic N) is 1. The maximum absolute atomic E-state index is 12.0. The van der Waals surface area contributed by atoms with E-state index in [1.165, 1.54) is 6.21 Å². The van der Waals surface area contributed by atoms with Gasteiger partial charge >= 0.3 is 0 Å². The fourth-order valence-electron chi connectivity index (χ4n) is 1.72. The summed E-state index contributed by atoms with van der Waals surface area (Å²) < 4.78 is 24.1. The lowest BCUT2D eigenvalue weighted by Gasteiger charge is -2.04. The minimum Gasteiger partial charge on any atom is -0.200 e. The summed E-state index contributed by atoms with van der Waals surface area (Å²) in [5.74, 6) is 0. The van der Waals surface area contributed by atoms with Crippen LogP contribution in [0.5, 0.6) is 0 Å². The molecule has 0 amide bonds. The molecule has 21 heavy (non-hydrogen) atoms. The standard InChI is InChI=1S/C15H15ClN2O2S/c1-11-3-7-15(8-4-11)21(19,20)18-17-10-13-5-6-14(16)9-12(13)2/h3-10,18H,1-2H3/b17-10-. The minimum atomic E-state index is -3.64. The molecule has 0 saturated carbocycles. The van der Waals surface area contributed by atoms with Gasteiger partial charge in [0, 0.05) is 5.02 Å². The van der Waals surface area contributed by atoms with Crippen LogP contribution in [0.3, 0.4) is 0 Å². The van der Waals surface area contributed by atoms with E-state index in [1.807, 2.05) is 13.8 Å². The van der Waals surface area contributed by atoms with Crippen molar-refractivity contribution in [3.05, 3.63) is 64.2 Å². The molecule has 6 heteroatoms. The van der Waals surface area contributed by atoms with Gasteiger partial charge in [-0.05, 0) is 49.2 Å². The second-order valence-corrected chi connectivity index (χ2v) is 6.76. The van der Waals surface area contributed by atoms with E-state index in [2.05, 4.69) is 9.93 Å². The third kappa shape index (κ3) is 4.06. The average molecular weight is 323 g/mol. The van der Waals surface area contributed by atoms with Crippen LogP contribution in [0.25, 0.3) is 0 Å². The third-order valence-corrected chi connectivity index (χ3v) is 4.41. The van der Waals surface area contributed by atoms with Crippen molar-refractivity contribution in [3.8, 4) is 0 Å². The average Bonchev–Trinajstić information content (AvgIpc) is 2.41. The number of hydrazone groups is 1. The molecular formula is C15H15ClN2O2S. The Morgan fingerprint density at radius 1 is 1.10 bits per heavy atom. The van der Waals surface area contributed by atoms with Gasteiger partial charge in [-0.1, -0.05) is 35.4 Å². The molecule has 1 N–H and O–H groups in total. The van der Waals surface area contributed by atoms with Gasteiger partial charge in [0.15, 0.2) is 0 Å². The van der Waals surface area contributed by atoms with E-state index >= 15 is 0 Å². The Morgan fingerprint density at radius 3 is 2.38 bits per heavy atom. The molecule has 0 spiro atoms. The van der Waals surface area contributed by atoms with E-state index < -0.39 is 10.0 Å². The Morgan fingerprint density at radius 2 is 1.76 bits per heavy atom. The van der Waals surface area contributed by atoms with Gasteiger partial charge in [-0.2, -0.15) is 13.5 Å². The quantitative estimate of drug-likeness (QED) is 0.693. The molecule has 2 aromatic carbocycles. The lowest BCUT2D eigenvalue weighted by atomic mass is 10.1. The lowest BCUT2D eigenvalue weighted by molar-refractivity contribution is 0.584. The van der Waals surface area contributed by atoms with Gasteiger partial charge in [0.2, 0.25) is 0 Å². The number of hydrogen-bond acceptors (Lipinski definition) is 3. The first-order valence-electron chi connectivity index (χ1n) is 6.26. The van der Waals surface area contributed by atoms with E-state index in [0.29, 0.717) is 5.02 Å². The molecule has 0 unspecified atom stereocenters. The normalized spacial score (nSPS) is 11.8. The molecule has 0 aromatic heterocycles. The van der Waals surface area contributed by atoms with Crippen LogP contribution in [0.2, 0.25) is 5.02 Å². The Hall–Kier alpha value is -1.85. The maximum atomic E-state index is 12.0. The first-order chi connectivity index (χ1) is 9.88. The zero-order chi connectivity index (χ0) is 15.5. The molecule has 0 aliphatic carbocycles. The van der Waals surface area contributed by atoms with Crippen LogP contribution >= 0.6 is 11.6 Å². The summed E-state index contributed by atoms with van der Waals surface area (Å²) in [5, 5.41) is 4.43. The van der Waals surface area contributed by atoms with Crippen molar-refractivity contribution < 1.29 is 8.42 Å². The summed E-state index contributed by atoms with van der Waals surface area (Å²) in [7, 11) is -3.64. The largest absolute Gasteiger partial charge is 0.276 e. The molecule has 0 saturated heterocycles. The fraction of sp³-hybridized carbons (Fsp3) is 0.133. The molecule has 0 aliphatic heterocycles. The van der Waals surface area contributed by atoms with Crippen LogP contribution in [0.4, 0.5) is 0 Å². The van der Waals surface area contributed by atoms with Crippen molar-refractivity contribution in [2.45, 2.75) is 18.7 Å². The van der Waals surface area contributed by atoms with Crippen molar-refractivity contribution in [1.82, 2.24) is 4.83 Å². The predicted molar refractivity (Wildman–Crippen MR) is 85.3 cm³/mol. The van der Waals surface area contributed by atoms with Crippen molar-refractivity contribution in [3.63, 3.8) is 0 Å². The zero-order valence-electron chi connectivity index (χ0n) is 11.7. The van der Waals surface area contributed by atoms with Gasteiger partial charge in [-0.25, -0.2) is 4.83 Å². The SMILES string of the molecule is Cc1ccc(S(=O)(=O)N/N=C\c2ccc(Cl)cc2C)cc1. The van der Waals surface area contributed by atoms with E-state index in [1.54, 1.807) is 42.5 Å². The molecule has 0 heterocycles. The molecule has 4 nitrogen and oxygen atoms in total. The van der Waals surface area contributed by atoms with Crippen molar-refractivity contribution in [2.24, 2.45) is 5.10 Å². The molecule has 0 atom stereocenters. The molecule has 2 aromatic rings. The van der Waals surface area contributed by atoms with Gasteiger partial charge in [-0.3, -0.25) is 0 Å². The fourth-order valence-corrected chi connectivity index (χ4v) is 2.74. The summed E-state index contributed by atoms with van der Waals surface area (Å²) in [4.78, 5) is 2.37. The number of rotatable bonds is 4. The molecular weight excluding hydrogens is 308 g/mol. The van der Waals surface area contributed by atoms with Gasteiger partial charge in [0.25, 0.3) is 10.0 Å². The van der Waals surface area contributed by atoms with Crippen molar-refractivity contribution >= 4 is 27.8 Å². The molecule has 2 rings (SSSR count). The first kappa shape index (κ1) is 15.5. The summed E-state index contributed by atoms with van der Waals surface area (Å²) >= 11 is 5.86. The van der Waals surface area contributed by atoms with E-state index in [0.717, 1.165) is 16.7 Å². The van der Waals surface area contributed by atoms with Crippen molar-refractivity contribution in [2.75, 3.05) is 0 Å². The maximum Gasteiger partial charge on any atom is 0.276 e. The first-order valence-corrected chi connectivity index (χ1v) is 8.12. The van der Waals surface area contributed by atoms with Gasteiger partial charge in [-0.15, -0.1) is 0 Å². The highest BCUT2D eigenvalue weighted by molar-refractivity contribution is 7.89. The number of benzene rings is 2. The topological polar surface area (TPSA) is 58.5 Å². The molecule has 110 valence electrons. The van der Waals surface area contributed by atoms with Gasteiger partial charge < -0.3 is 0 Å². The minimum absolute atomic E-state index is 0.179. The van der Waals surface area contributed by atoms with E-state index in [4.69, 9.17) is 11.6 Å². The highest BCUT2D eigenvalue weighted by Crippen LogP contribution is 2.14. The number of halogens is 1. The predicted octanol–water partition coefficient (Wildman–Crippen LogP) is 3.27. The highest BCUT2D eigenvalue weighted by Gasteiger charge is 2.11. The van der Waals surface area contributed by atoms with Crippen molar-refractivity contribution in [1.29, 1.82) is 0 Å². The molecule has 0 aliphatic rings. The smallest absolute Gasteiger partial charge is 0.200 e. The summed E-state index contributed by atoms with van der Waals surface area (Å²) in [6.45, 7) is 3.77. The van der Waals surface area contributed by atoms with Crippen LogP contribution in [0.1, 0.15) is 16.7 Å². The number of sulfonamides is 1. The van der Waals surface area contributed by atoms with Crippen LogP contribution in [0, 0.1) is 13.8 Å². The number of nitrogens with one attached hydrogen (secondary N) is 1. The summed E-state index contributed by atoms with van der Waals surface area (Å²) in [5.41, 5.74) is 2.71. The van der Waals surface area contributed by atoms with E-state index in [9.17, 15) is 8.42 Å². The zero-order valence-corrected chi connectivity index (χ0v) is 13.2. The number of hydrogen-bond donors (Lipinski definition) is 1. The second-order valence-electron chi connectivity index (χ2n) is 4.67. The molecule has 0 fully saturated rings. The Kier molecular flexibility index (Phi) is 4.65. The van der Waals surface area contributed by atoms with Crippen LogP contribution in [-0.4, -0.2) is 14.6 Å². The Balaban J connectivity index is 2.14. The van der Waals surface area contributed by atoms with Crippen LogP contribution < -0.4 is 4.83 Å².